The molecule has 1 atom stereocenters. The number of nitrogens with one attached hydrogen (secondary N) is 2. The van der Waals surface area contributed by atoms with Crippen LogP contribution in [0, 0.1) is 0 Å². The molecular formula is C15H14N2O6. The van der Waals surface area contributed by atoms with Gasteiger partial charge in [0.2, 0.25) is 5.91 Å². The van der Waals surface area contributed by atoms with Crippen LogP contribution < -0.4 is 15.4 Å². The molecule has 8 nitrogen and oxygen atoms in total. The number of ether oxygens (including phenoxy) is 2. The molecule has 2 amide bonds. The normalized spacial score (nSPS) is 19.2. The Labute approximate surface area is 131 Å². The number of Topliss-reactive ketones (excluding diaryl/α,β-unsaturated/α-hetero) is 1. The molecule has 1 aromatic carbocycles. The number of hydrogen-bond acceptors (Lipinski definition) is 6. The zero-order valence-corrected chi connectivity index (χ0v) is 12.1. The molecule has 0 bridgehead atoms. The zero-order chi connectivity index (χ0) is 16.4. The van der Waals surface area contributed by atoms with Crippen molar-refractivity contribution in [3.8, 4) is 5.75 Å². The van der Waals surface area contributed by atoms with Crippen LogP contribution in [-0.2, 0) is 19.1 Å². The predicted molar refractivity (Wildman–Crippen MR) is 77.0 cm³/mol. The van der Waals surface area contributed by atoms with Crippen LogP contribution in [0.2, 0.25) is 0 Å². The van der Waals surface area contributed by atoms with E-state index in [1.807, 2.05) is 0 Å². The Morgan fingerprint density at radius 1 is 1.26 bits per heavy atom. The summed E-state index contributed by atoms with van der Waals surface area (Å²) in [7, 11) is 0. The first kappa shape index (κ1) is 15.0. The number of carbonyl (C=O) groups excluding carboxylic acids is 4. The highest BCUT2D eigenvalue weighted by Gasteiger charge is 2.29. The fourth-order valence-electron chi connectivity index (χ4n) is 2.37. The molecule has 3 rings (SSSR count). The molecule has 0 saturated carbocycles. The number of rotatable bonds is 4. The molecule has 1 aromatic rings. The van der Waals surface area contributed by atoms with E-state index in [4.69, 9.17) is 9.47 Å². The van der Waals surface area contributed by atoms with Gasteiger partial charge in [0.05, 0.1) is 5.69 Å². The smallest absolute Gasteiger partial charge is 0.329 e. The molecule has 2 aliphatic heterocycles. The maximum Gasteiger partial charge on any atom is 0.329 e. The summed E-state index contributed by atoms with van der Waals surface area (Å²) in [4.78, 5) is 46.1. The molecule has 0 aromatic heterocycles. The van der Waals surface area contributed by atoms with E-state index in [2.05, 4.69) is 10.6 Å². The number of anilines is 1. The minimum atomic E-state index is -0.688. The van der Waals surface area contributed by atoms with Gasteiger partial charge in [-0.2, -0.15) is 0 Å². The Morgan fingerprint density at radius 2 is 2.09 bits per heavy atom. The highest BCUT2D eigenvalue weighted by molar-refractivity contribution is 6.02. The lowest BCUT2D eigenvalue weighted by molar-refractivity contribution is -0.145. The molecule has 0 spiro atoms. The molecule has 1 saturated heterocycles. The minimum absolute atomic E-state index is 0.0645. The molecule has 23 heavy (non-hydrogen) atoms. The summed E-state index contributed by atoms with van der Waals surface area (Å²) in [5.74, 6) is -1.06. The van der Waals surface area contributed by atoms with Gasteiger partial charge >= 0.3 is 5.97 Å². The first-order valence-corrected chi connectivity index (χ1v) is 7.09. The van der Waals surface area contributed by atoms with Crippen molar-refractivity contribution >= 4 is 29.3 Å². The number of benzene rings is 1. The molecule has 1 unspecified atom stereocenters. The van der Waals surface area contributed by atoms with Gasteiger partial charge in [-0.05, 0) is 24.6 Å². The van der Waals surface area contributed by atoms with Crippen molar-refractivity contribution in [2.45, 2.75) is 18.9 Å². The second-order valence-corrected chi connectivity index (χ2v) is 5.24. The standard InChI is InChI=1S/C15H14N2O6/c18-11(6-23-15(21)9-2-4-13(19)16-9)8-1-3-12-10(5-8)17-14(20)7-22-12/h1,3,5,9H,2,4,6-7H2,(H,16,19)(H,17,20). The highest BCUT2D eigenvalue weighted by atomic mass is 16.5. The van der Waals surface area contributed by atoms with E-state index < -0.39 is 24.4 Å². The molecule has 0 radical (unpaired) electrons. The van der Waals surface area contributed by atoms with Crippen LogP contribution in [0.5, 0.6) is 5.75 Å². The van der Waals surface area contributed by atoms with Gasteiger partial charge in [-0.25, -0.2) is 4.79 Å². The van der Waals surface area contributed by atoms with Gasteiger partial charge in [0.25, 0.3) is 5.91 Å². The fraction of sp³-hybridized carbons (Fsp3) is 0.333. The average Bonchev–Trinajstić information content (AvgIpc) is 2.98. The molecule has 0 aliphatic carbocycles. The average molecular weight is 318 g/mol. The molecule has 2 aliphatic rings. The van der Waals surface area contributed by atoms with Crippen molar-refractivity contribution in [2.24, 2.45) is 0 Å². The number of carbonyl (C=O) groups is 4. The maximum absolute atomic E-state index is 12.1. The van der Waals surface area contributed by atoms with E-state index in [1.54, 1.807) is 6.07 Å². The molecule has 120 valence electrons. The Kier molecular flexibility index (Phi) is 3.96. The summed E-state index contributed by atoms with van der Waals surface area (Å²) in [6, 6.07) is 3.89. The van der Waals surface area contributed by atoms with Crippen LogP contribution in [0.3, 0.4) is 0 Å². The third-order valence-electron chi connectivity index (χ3n) is 3.56. The SMILES string of the molecule is O=C1COc2ccc(C(=O)COC(=O)C3CCC(=O)N3)cc2N1. The van der Waals surface area contributed by atoms with E-state index in [0.29, 0.717) is 17.9 Å². The van der Waals surface area contributed by atoms with Gasteiger partial charge in [-0.1, -0.05) is 0 Å². The first-order valence-electron chi connectivity index (χ1n) is 7.09. The van der Waals surface area contributed by atoms with Crippen LogP contribution in [-0.4, -0.2) is 42.8 Å². The monoisotopic (exact) mass is 318 g/mol. The van der Waals surface area contributed by atoms with E-state index in [-0.39, 0.29) is 30.4 Å². The zero-order valence-electron chi connectivity index (χ0n) is 12.1. The van der Waals surface area contributed by atoms with Crippen LogP contribution >= 0.6 is 0 Å². The molecule has 8 heteroatoms. The van der Waals surface area contributed by atoms with Gasteiger partial charge in [0, 0.05) is 12.0 Å². The molecule has 2 heterocycles. The van der Waals surface area contributed by atoms with Gasteiger partial charge < -0.3 is 20.1 Å². The Hall–Kier alpha value is -2.90. The van der Waals surface area contributed by atoms with Gasteiger partial charge in [-0.3, -0.25) is 14.4 Å². The van der Waals surface area contributed by atoms with E-state index in [1.165, 1.54) is 12.1 Å². The van der Waals surface area contributed by atoms with Gasteiger partial charge in [-0.15, -0.1) is 0 Å². The van der Waals surface area contributed by atoms with E-state index in [9.17, 15) is 19.2 Å². The van der Waals surface area contributed by atoms with Crippen LogP contribution in [0.4, 0.5) is 5.69 Å². The number of fused-ring (bicyclic) bond motifs is 1. The van der Waals surface area contributed by atoms with Gasteiger partial charge in [0.1, 0.15) is 11.8 Å². The third-order valence-corrected chi connectivity index (χ3v) is 3.56. The largest absolute Gasteiger partial charge is 0.482 e. The number of ketones is 1. The maximum atomic E-state index is 12.1. The number of hydrogen-bond donors (Lipinski definition) is 2. The van der Waals surface area contributed by atoms with Crippen molar-refractivity contribution in [2.75, 3.05) is 18.5 Å². The van der Waals surface area contributed by atoms with Crippen molar-refractivity contribution in [1.29, 1.82) is 0 Å². The summed E-state index contributed by atoms with van der Waals surface area (Å²) < 4.78 is 10.1. The summed E-state index contributed by atoms with van der Waals surface area (Å²) in [6.07, 6.45) is 0.645. The Balaban J connectivity index is 1.60. The lowest BCUT2D eigenvalue weighted by Gasteiger charge is -2.18. The Bertz CT molecular complexity index is 699. The molecule has 2 N–H and O–H groups in total. The second kappa shape index (κ2) is 6.07. The van der Waals surface area contributed by atoms with Crippen molar-refractivity contribution < 1.29 is 28.7 Å². The Morgan fingerprint density at radius 3 is 2.83 bits per heavy atom. The van der Waals surface area contributed by atoms with Crippen molar-refractivity contribution in [3.05, 3.63) is 23.8 Å². The predicted octanol–water partition coefficient (Wildman–Crippen LogP) is 0.0220. The van der Waals surface area contributed by atoms with E-state index >= 15 is 0 Å². The third kappa shape index (κ3) is 3.31. The second-order valence-electron chi connectivity index (χ2n) is 5.24. The van der Waals surface area contributed by atoms with Crippen molar-refractivity contribution in [1.82, 2.24) is 5.32 Å². The molecular weight excluding hydrogens is 304 g/mol. The number of amides is 2. The van der Waals surface area contributed by atoms with Crippen LogP contribution in [0.25, 0.3) is 0 Å². The summed E-state index contributed by atoms with van der Waals surface area (Å²) in [5, 5.41) is 5.07. The summed E-state index contributed by atoms with van der Waals surface area (Å²) >= 11 is 0. The van der Waals surface area contributed by atoms with Crippen molar-refractivity contribution in [3.63, 3.8) is 0 Å². The first-order chi connectivity index (χ1) is 11.0. The van der Waals surface area contributed by atoms with Crippen LogP contribution in [0.15, 0.2) is 18.2 Å². The summed E-state index contributed by atoms with van der Waals surface area (Å²) in [5.41, 5.74) is 0.694. The lowest BCUT2D eigenvalue weighted by atomic mass is 10.1. The molecule has 1 fully saturated rings. The number of esters is 1. The topological polar surface area (TPSA) is 111 Å². The van der Waals surface area contributed by atoms with Crippen LogP contribution in [0.1, 0.15) is 23.2 Å². The quantitative estimate of drug-likeness (QED) is 0.598. The minimum Gasteiger partial charge on any atom is -0.482 e. The highest BCUT2D eigenvalue weighted by Crippen LogP contribution is 2.28. The van der Waals surface area contributed by atoms with E-state index in [0.717, 1.165) is 0 Å². The summed E-state index contributed by atoms with van der Waals surface area (Å²) in [6.45, 7) is -0.496. The fourth-order valence-corrected chi connectivity index (χ4v) is 2.37. The van der Waals surface area contributed by atoms with Gasteiger partial charge in [0.15, 0.2) is 19.0 Å². The lowest BCUT2D eigenvalue weighted by Crippen LogP contribution is -2.35.